The Morgan fingerprint density at radius 3 is 2.42 bits per heavy atom. The second-order valence-corrected chi connectivity index (χ2v) is 12.8. The van der Waals surface area contributed by atoms with Crippen LogP contribution in [0.1, 0.15) is 34.5 Å². The minimum atomic E-state index is -4.93. The Morgan fingerprint density at radius 2 is 1.84 bits per heavy atom. The first kappa shape index (κ1) is 27.0. The largest absolute Gasteiger partial charge is 0.435 e. The Bertz CT molecular complexity index is 1460. The zero-order valence-corrected chi connectivity index (χ0v) is 21.5. The van der Waals surface area contributed by atoms with Gasteiger partial charge in [0.15, 0.2) is 20.3 Å². The van der Waals surface area contributed by atoms with Crippen molar-refractivity contribution in [3.05, 3.63) is 52.3 Å². The molecule has 1 fully saturated rings. The normalized spacial score (nSPS) is 22.9. The van der Waals surface area contributed by atoms with E-state index in [-0.39, 0.29) is 37.4 Å². The predicted molar refractivity (Wildman–Crippen MR) is 124 cm³/mol. The number of likely N-dealkylation sites (tertiary alicyclic amines) is 1. The third-order valence-corrected chi connectivity index (χ3v) is 8.81. The van der Waals surface area contributed by atoms with Gasteiger partial charge in [0.1, 0.15) is 11.4 Å². The van der Waals surface area contributed by atoms with Gasteiger partial charge in [0.05, 0.1) is 31.1 Å². The lowest BCUT2D eigenvalue weighted by molar-refractivity contribution is -0.166. The van der Waals surface area contributed by atoms with Crippen molar-refractivity contribution < 1.29 is 44.3 Å². The van der Waals surface area contributed by atoms with Gasteiger partial charge in [-0.25, -0.2) is 12.8 Å². The third-order valence-electron chi connectivity index (χ3n) is 6.83. The summed E-state index contributed by atoms with van der Waals surface area (Å²) < 4.78 is 113. The Kier molecular flexibility index (Phi) is 6.00. The Morgan fingerprint density at radius 1 is 1.16 bits per heavy atom. The van der Waals surface area contributed by atoms with Crippen LogP contribution in [-0.4, -0.2) is 66.0 Å². The number of benzene rings is 1. The molecule has 16 heteroatoms. The molecule has 1 amide bonds. The predicted octanol–water partition coefficient (Wildman–Crippen LogP) is 3.35. The molecule has 5 rings (SSSR count). The summed E-state index contributed by atoms with van der Waals surface area (Å²) in [4.78, 5) is 13.5. The van der Waals surface area contributed by atoms with Crippen LogP contribution >= 0.6 is 11.9 Å². The highest BCUT2D eigenvalue weighted by Crippen LogP contribution is 2.57. The minimum absolute atomic E-state index is 0.0596. The standard InChI is InChI=1S/C22H20F6N4O4S2/c1-31-17(6-16(29-31)21(23,24)25)20(22(26,27)28)7-15(30-37-20)12-3-4-14-13(5-12)8-36-19(14)10-32(11-19)18(33)9-38(2,34)35/h3-6H,7-11H2,1-2H3. The van der Waals surface area contributed by atoms with Crippen molar-refractivity contribution in [3.8, 4) is 0 Å². The lowest BCUT2D eigenvalue weighted by Crippen LogP contribution is -2.62. The zero-order valence-electron chi connectivity index (χ0n) is 19.9. The number of ether oxygens (including phenoxy) is 1. The molecule has 0 bridgehead atoms. The maximum absolute atomic E-state index is 14.3. The number of aromatic nitrogens is 2. The molecule has 1 unspecified atom stereocenters. The van der Waals surface area contributed by atoms with Crippen LogP contribution in [0.3, 0.4) is 0 Å². The molecule has 1 spiro atoms. The summed E-state index contributed by atoms with van der Waals surface area (Å²) in [6.45, 7) is 0.409. The molecule has 0 N–H and O–H groups in total. The van der Waals surface area contributed by atoms with Gasteiger partial charge in [-0.15, -0.1) is 0 Å². The molecule has 206 valence electrons. The summed E-state index contributed by atoms with van der Waals surface area (Å²) in [5.74, 6) is -1.16. The zero-order chi connectivity index (χ0) is 27.9. The molecule has 0 saturated carbocycles. The van der Waals surface area contributed by atoms with E-state index in [1.54, 1.807) is 18.2 Å². The number of carbonyl (C=O) groups excluding carboxylic acids is 1. The SMILES string of the molecule is Cn1nc(C(F)(F)F)cc1C1(C(F)(F)F)CC(c2ccc3c(c2)COC32CN(C(=O)CS(C)(=O)=O)C2)=NS1. The van der Waals surface area contributed by atoms with E-state index in [1.807, 2.05) is 0 Å². The van der Waals surface area contributed by atoms with Crippen molar-refractivity contribution in [1.29, 1.82) is 0 Å². The summed E-state index contributed by atoms with van der Waals surface area (Å²) >= 11 is 0.158. The van der Waals surface area contributed by atoms with Crippen LogP contribution in [0.15, 0.2) is 28.7 Å². The molecular weight excluding hydrogens is 562 g/mol. The number of hydrogen-bond donors (Lipinski definition) is 0. The third kappa shape index (κ3) is 4.39. The highest BCUT2D eigenvalue weighted by molar-refractivity contribution is 7.99. The van der Waals surface area contributed by atoms with Gasteiger partial charge in [0.2, 0.25) is 5.91 Å². The molecule has 1 saturated heterocycles. The molecule has 0 radical (unpaired) electrons. The van der Waals surface area contributed by atoms with Crippen molar-refractivity contribution in [2.45, 2.75) is 35.7 Å². The van der Waals surface area contributed by atoms with Crippen molar-refractivity contribution >= 4 is 33.4 Å². The number of amides is 1. The second kappa shape index (κ2) is 8.45. The van der Waals surface area contributed by atoms with E-state index in [9.17, 15) is 39.6 Å². The molecule has 1 aromatic heterocycles. The molecule has 1 atom stereocenters. The number of aryl methyl sites for hydroxylation is 1. The number of carbonyl (C=O) groups is 1. The first-order valence-electron chi connectivity index (χ1n) is 11.1. The quantitative estimate of drug-likeness (QED) is 0.406. The summed E-state index contributed by atoms with van der Waals surface area (Å²) in [5.41, 5.74) is -1.06. The van der Waals surface area contributed by atoms with Gasteiger partial charge in [0, 0.05) is 19.7 Å². The summed E-state index contributed by atoms with van der Waals surface area (Å²) in [5, 5.41) is 3.25. The molecule has 0 aliphatic carbocycles. The van der Waals surface area contributed by atoms with E-state index in [1.165, 1.54) is 4.90 Å². The Balaban J connectivity index is 1.38. The average molecular weight is 583 g/mol. The number of nitrogens with zero attached hydrogens (tertiary/aromatic N) is 4. The lowest BCUT2D eigenvalue weighted by Gasteiger charge is -2.47. The number of rotatable bonds is 4. The highest BCUT2D eigenvalue weighted by atomic mass is 32.2. The van der Waals surface area contributed by atoms with Crippen molar-refractivity contribution in [2.75, 3.05) is 25.1 Å². The molecular formula is C22H20F6N4O4S2. The van der Waals surface area contributed by atoms with Gasteiger partial charge in [-0.05, 0) is 40.8 Å². The molecule has 4 heterocycles. The van der Waals surface area contributed by atoms with Gasteiger partial charge in [0.25, 0.3) is 0 Å². The monoisotopic (exact) mass is 582 g/mol. The van der Waals surface area contributed by atoms with Gasteiger partial charge in [-0.3, -0.25) is 9.48 Å². The minimum Gasteiger partial charge on any atom is -0.362 e. The van der Waals surface area contributed by atoms with Crippen LogP contribution < -0.4 is 0 Å². The summed E-state index contributed by atoms with van der Waals surface area (Å²) in [7, 11) is -2.46. The van der Waals surface area contributed by atoms with Crippen molar-refractivity contribution in [2.24, 2.45) is 11.4 Å². The van der Waals surface area contributed by atoms with E-state index >= 15 is 0 Å². The average Bonchev–Trinajstić information content (AvgIpc) is 3.45. The van der Waals surface area contributed by atoms with Gasteiger partial charge in [-0.1, -0.05) is 12.1 Å². The number of halogens is 6. The second-order valence-electron chi connectivity index (χ2n) is 9.64. The molecule has 3 aliphatic rings. The van der Waals surface area contributed by atoms with E-state index in [4.69, 9.17) is 4.74 Å². The van der Waals surface area contributed by atoms with Crippen LogP contribution in [0.2, 0.25) is 0 Å². The lowest BCUT2D eigenvalue weighted by atomic mass is 9.84. The van der Waals surface area contributed by atoms with Crippen molar-refractivity contribution in [1.82, 2.24) is 14.7 Å². The summed E-state index contributed by atoms with van der Waals surface area (Å²) in [6.07, 6.45) is -9.57. The number of sulfone groups is 1. The molecule has 1 aromatic carbocycles. The molecule has 38 heavy (non-hydrogen) atoms. The van der Waals surface area contributed by atoms with Crippen LogP contribution in [0.4, 0.5) is 26.3 Å². The topological polar surface area (TPSA) is 93.9 Å². The molecule has 3 aliphatic heterocycles. The fraction of sp³-hybridized carbons (Fsp3) is 0.500. The maximum atomic E-state index is 14.3. The fourth-order valence-electron chi connectivity index (χ4n) is 4.96. The van der Waals surface area contributed by atoms with Crippen LogP contribution in [0.5, 0.6) is 0 Å². The van der Waals surface area contributed by atoms with Crippen LogP contribution in [-0.2, 0) is 49.5 Å². The number of alkyl halides is 6. The maximum Gasteiger partial charge on any atom is 0.435 e. The van der Waals surface area contributed by atoms with Gasteiger partial charge >= 0.3 is 12.4 Å². The van der Waals surface area contributed by atoms with Crippen molar-refractivity contribution in [3.63, 3.8) is 0 Å². The Labute approximate surface area is 217 Å². The van der Waals surface area contributed by atoms with Crippen LogP contribution in [0.25, 0.3) is 0 Å². The van der Waals surface area contributed by atoms with E-state index < -0.39 is 62.0 Å². The number of hydrogen-bond acceptors (Lipinski definition) is 7. The first-order chi connectivity index (χ1) is 17.4. The molecule has 8 nitrogen and oxygen atoms in total. The Hall–Kier alpha value is -2.59. The van der Waals surface area contributed by atoms with E-state index in [0.29, 0.717) is 21.9 Å². The van der Waals surface area contributed by atoms with E-state index in [2.05, 4.69) is 9.50 Å². The van der Waals surface area contributed by atoms with Gasteiger partial charge < -0.3 is 9.64 Å². The smallest absolute Gasteiger partial charge is 0.362 e. The van der Waals surface area contributed by atoms with E-state index in [0.717, 1.165) is 18.9 Å². The van der Waals surface area contributed by atoms with Crippen LogP contribution in [0, 0.1) is 0 Å². The first-order valence-corrected chi connectivity index (χ1v) is 13.9. The van der Waals surface area contributed by atoms with Gasteiger partial charge in [-0.2, -0.15) is 31.4 Å². The summed E-state index contributed by atoms with van der Waals surface area (Å²) in [6, 6.07) is 5.27. The highest BCUT2D eigenvalue weighted by Gasteiger charge is 2.62. The number of fused-ring (bicyclic) bond motifs is 2. The fourth-order valence-corrected chi connectivity index (χ4v) is 6.62. The molecule has 2 aromatic rings.